The molecule has 0 saturated carbocycles. The fourth-order valence-corrected chi connectivity index (χ4v) is 2.04. The maximum Gasteiger partial charge on any atom is 0.0680 e. The standard InChI is InChI=1S/C11H25N3O/c1-9(2)14(5-4-12-3)8-10-6-11(15)7-13-10/h9-13,15H,4-8H2,1-3H3. The van der Waals surface area contributed by atoms with Crippen molar-refractivity contribution in [1.29, 1.82) is 0 Å². The largest absolute Gasteiger partial charge is 0.392 e. The number of nitrogens with one attached hydrogen (secondary N) is 2. The van der Waals surface area contributed by atoms with E-state index < -0.39 is 0 Å². The van der Waals surface area contributed by atoms with Crippen LogP contribution in [0.15, 0.2) is 0 Å². The van der Waals surface area contributed by atoms with E-state index in [2.05, 4.69) is 29.4 Å². The summed E-state index contributed by atoms with van der Waals surface area (Å²) in [6.45, 7) is 8.33. The lowest BCUT2D eigenvalue weighted by atomic mass is 10.1. The Kier molecular flexibility index (Phi) is 5.53. The summed E-state index contributed by atoms with van der Waals surface area (Å²) in [5, 5.41) is 16.0. The second-order valence-electron chi connectivity index (χ2n) is 4.69. The molecule has 90 valence electrons. The molecule has 1 saturated heterocycles. The lowest BCUT2D eigenvalue weighted by molar-refractivity contribution is 0.177. The van der Waals surface area contributed by atoms with Gasteiger partial charge in [-0.05, 0) is 27.3 Å². The van der Waals surface area contributed by atoms with Gasteiger partial charge in [0.15, 0.2) is 0 Å². The summed E-state index contributed by atoms with van der Waals surface area (Å²) in [5.41, 5.74) is 0. The number of rotatable bonds is 6. The van der Waals surface area contributed by atoms with Crippen molar-refractivity contribution in [3.8, 4) is 0 Å². The van der Waals surface area contributed by atoms with Crippen molar-refractivity contribution < 1.29 is 5.11 Å². The van der Waals surface area contributed by atoms with Gasteiger partial charge in [-0.2, -0.15) is 0 Å². The van der Waals surface area contributed by atoms with E-state index in [0.717, 1.165) is 32.6 Å². The highest BCUT2D eigenvalue weighted by atomic mass is 16.3. The normalized spacial score (nSPS) is 26.8. The molecule has 1 aliphatic heterocycles. The Morgan fingerprint density at radius 3 is 2.73 bits per heavy atom. The molecule has 1 heterocycles. The van der Waals surface area contributed by atoms with Crippen molar-refractivity contribution in [2.45, 2.75) is 38.5 Å². The minimum Gasteiger partial charge on any atom is -0.392 e. The Morgan fingerprint density at radius 2 is 2.27 bits per heavy atom. The number of β-amino-alcohol motifs (C(OH)–C–C–N with tert-alkyl or cyclic N) is 1. The van der Waals surface area contributed by atoms with Crippen molar-refractivity contribution in [1.82, 2.24) is 15.5 Å². The topological polar surface area (TPSA) is 47.5 Å². The van der Waals surface area contributed by atoms with Crippen LogP contribution in [0.25, 0.3) is 0 Å². The molecule has 0 amide bonds. The quantitative estimate of drug-likeness (QED) is 0.566. The van der Waals surface area contributed by atoms with E-state index in [-0.39, 0.29) is 6.10 Å². The lowest BCUT2D eigenvalue weighted by Crippen LogP contribution is -2.43. The van der Waals surface area contributed by atoms with Crippen LogP contribution in [0.1, 0.15) is 20.3 Å². The third-order valence-corrected chi connectivity index (χ3v) is 3.03. The first-order valence-corrected chi connectivity index (χ1v) is 5.93. The van der Waals surface area contributed by atoms with Crippen LogP contribution >= 0.6 is 0 Å². The summed E-state index contributed by atoms with van der Waals surface area (Å²) < 4.78 is 0. The lowest BCUT2D eigenvalue weighted by Gasteiger charge is -2.29. The molecular weight excluding hydrogens is 190 g/mol. The summed E-state index contributed by atoms with van der Waals surface area (Å²) in [6.07, 6.45) is 0.747. The molecule has 0 aliphatic carbocycles. The van der Waals surface area contributed by atoms with Crippen molar-refractivity contribution in [3.05, 3.63) is 0 Å². The van der Waals surface area contributed by atoms with Gasteiger partial charge >= 0.3 is 0 Å². The molecule has 0 aromatic heterocycles. The van der Waals surface area contributed by atoms with Crippen molar-refractivity contribution in [3.63, 3.8) is 0 Å². The fourth-order valence-electron chi connectivity index (χ4n) is 2.04. The summed E-state index contributed by atoms with van der Waals surface area (Å²) >= 11 is 0. The first-order valence-electron chi connectivity index (χ1n) is 5.93. The number of hydrogen-bond donors (Lipinski definition) is 3. The fraction of sp³-hybridized carbons (Fsp3) is 1.00. The average Bonchev–Trinajstić information content (AvgIpc) is 2.58. The SMILES string of the molecule is CNCCN(CC1CC(O)CN1)C(C)C. The maximum atomic E-state index is 9.43. The van der Waals surface area contributed by atoms with Gasteiger partial charge in [0.05, 0.1) is 6.10 Å². The van der Waals surface area contributed by atoms with Gasteiger partial charge in [0.25, 0.3) is 0 Å². The monoisotopic (exact) mass is 215 g/mol. The molecule has 15 heavy (non-hydrogen) atoms. The minimum absolute atomic E-state index is 0.145. The second-order valence-corrected chi connectivity index (χ2v) is 4.69. The predicted octanol–water partition coefficient (Wildman–Crippen LogP) is -0.361. The van der Waals surface area contributed by atoms with Crippen LogP contribution in [0.5, 0.6) is 0 Å². The molecule has 0 aromatic rings. The molecule has 3 N–H and O–H groups in total. The molecule has 0 radical (unpaired) electrons. The van der Waals surface area contributed by atoms with E-state index in [1.807, 2.05) is 7.05 Å². The number of likely N-dealkylation sites (N-methyl/N-ethyl adjacent to an activating group) is 1. The average molecular weight is 215 g/mol. The summed E-state index contributed by atoms with van der Waals surface area (Å²) in [4.78, 5) is 2.45. The number of aliphatic hydroxyl groups is 1. The molecule has 2 atom stereocenters. The van der Waals surface area contributed by atoms with E-state index in [1.165, 1.54) is 0 Å². The zero-order chi connectivity index (χ0) is 11.3. The molecule has 0 spiro atoms. The van der Waals surface area contributed by atoms with Crippen LogP contribution < -0.4 is 10.6 Å². The maximum absolute atomic E-state index is 9.43. The number of aliphatic hydroxyl groups excluding tert-OH is 1. The highest BCUT2D eigenvalue weighted by molar-refractivity contribution is 4.84. The molecule has 0 bridgehead atoms. The van der Waals surface area contributed by atoms with Crippen LogP contribution in [-0.4, -0.2) is 61.4 Å². The third kappa shape index (κ3) is 4.47. The van der Waals surface area contributed by atoms with E-state index in [9.17, 15) is 5.11 Å². The van der Waals surface area contributed by atoms with Crippen LogP contribution in [0.4, 0.5) is 0 Å². The molecule has 4 heteroatoms. The van der Waals surface area contributed by atoms with Crippen molar-refractivity contribution in [2.24, 2.45) is 0 Å². The minimum atomic E-state index is -0.145. The molecule has 1 rings (SSSR count). The number of hydrogen-bond acceptors (Lipinski definition) is 4. The van der Waals surface area contributed by atoms with Crippen LogP contribution in [0.2, 0.25) is 0 Å². The van der Waals surface area contributed by atoms with Gasteiger partial charge in [0, 0.05) is 38.3 Å². The van der Waals surface area contributed by atoms with E-state index in [4.69, 9.17) is 0 Å². The highest BCUT2D eigenvalue weighted by Crippen LogP contribution is 2.09. The molecule has 2 unspecified atom stereocenters. The van der Waals surface area contributed by atoms with Crippen LogP contribution in [0, 0.1) is 0 Å². The zero-order valence-corrected chi connectivity index (χ0v) is 10.2. The first-order chi connectivity index (χ1) is 7.13. The molecule has 0 aromatic carbocycles. The van der Waals surface area contributed by atoms with Crippen LogP contribution in [-0.2, 0) is 0 Å². The van der Waals surface area contributed by atoms with Gasteiger partial charge < -0.3 is 15.7 Å². The Labute approximate surface area is 93.0 Å². The van der Waals surface area contributed by atoms with Crippen LogP contribution in [0.3, 0.4) is 0 Å². The van der Waals surface area contributed by atoms with Crippen molar-refractivity contribution in [2.75, 3.05) is 33.2 Å². The molecule has 1 aliphatic rings. The second kappa shape index (κ2) is 6.43. The zero-order valence-electron chi connectivity index (χ0n) is 10.2. The Bertz CT molecular complexity index is 175. The summed E-state index contributed by atoms with van der Waals surface area (Å²) in [6, 6.07) is 1.03. The van der Waals surface area contributed by atoms with Gasteiger partial charge in [0.2, 0.25) is 0 Å². The van der Waals surface area contributed by atoms with E-state index in [0.29, 0.717) is 12.1 Å². The third-order valence-electron chi connectivity index (χ3n) is 3.03. The van der Waals surface area contributed by atoms with Gasteiger partial charge in [-0.15, -0.1) is 0 Å². The molecule has 4 nitrogen and oxygen atoms in total. The van der Waals surface area contributed by atoms with E-state index >= 15 is 0 Å². The summed E-state index contributed by atoms with van der Waals surface area (Å²) in [7, 11) is 1.98. The first kappa shape index (κ1) is 12.9. The van der Waals surface area contributed by atoms with Gasteiger partial charge in [-0.1, -0.05) is 0 Å². The molecule has 1 fully saturated rings. The summed E-state index contributed by atoms with van der Waals surface area (Å²) in [5.74, 6) is 0. The van der Waals surface area contributed by atoms with Gasteiger partial charge in [-0.25, -0.2) is 0 Å². The van der Waals surface area contributed by atoms with Crippen molar-refractivity contribution >= 4 is 0 Å². The Morgan fingerprint density at radius 1 is 1.53 bits per heavy atom. The molecular formula is C11H25N3O. The van der Waals surface area contributed by atoms with Gasteiger partial charge in [0.1, 0.15) is 0 Å². The Hall–Kier alpha value is -0.160. The van der Waals surface area contributed by atoms with Gasteiger partial charge in [-0.3, -0.25) is 4.90 Å². The number of nitrogens with zero attached hydrogens (tertiary/aromatic N) is 1. The highest BCUT2D eigenvalue weighted by Gasteiger charge is 2.24. The predicted molar refractivity (Wildman–Crippen MR) is 63.1 cm³/mol. The van der Waals surface area contributed by atoms with E-state index in [1.54, 1.807) is 0 Å². The smallest absolute Gasteiger partial charge is 0.0680 e. The Balaban J connectivity index is 2.30.